The number of carbonyl (C=O) groups is 1. The Hall–Kier alpha value is -1.93. The molecule has 0 aliphatic carbocycles. The van der Waals surface area contributed by atoms with E-state index in [2.05, 4.69) is 9.98 Å². The molecule has 1 unspecified atom stereocenters. The number of aliphatic imine (C=N–C) groups is 2. The SMILES string of the molecule is COC[C@H]1CCCN1C(=O)C1CN2C(=N1)N=C(C)C(CN)=C2c1ccc(Cl)cc1Cl. The van der Waals surface area contributed by atoms with Gasteiger partial charge in [-0.15, -0.1) is 0 Å². The maximum absolute atomic E-state index is 13.3. The molecule has 0 radical (unpaired) electrons. The number of hydrogen-bond acceptors (Lipinski definition) is 6. The van der Waals surface area contributed by atoms with Crippen molar-refractivity contribution in [3.63, 3.8) is 0 Å². The van der Waals surface area contributed by atoms with Gasteiger partial charge in [0.05, 0.1) is 29.9 Å². The van der Waals surface area contributed by atoms with E-state index in [9.17, 15) is 4.79 Å². The second-order valence-electron chi connectivity index (χ2n) is 7.69. The summed E-state index contributed by atoms with van der Waals surface area (Å²) in [5.74, 6) is 0.534. The van der Waals surface area contributed by atoms with E-state index in [1.54, 1.807) is 19.2 Å². The third kappa shape index (κ3) is 3.75. The standard InChI is InChI=1S/C21H25Cl2N5O2/c1-12-16(9-24)19(15-6-5-13(22)8-17(15)23)28-10-18(26-21(28)25-12)20(29)27-7-3-4-14(27)11-30-2/h5-6,8,14,18H,3-4,7,9-11,24H2,1-2H3/t14-,18?/m1/s1. The second kappa shape index (κ2) is 8.67. The molecule has 1 aromatic rings. The van der Waals surface area contributed by atoms with E-state index in [1.807, 2.05) is 22.8 Å². The molecular formula is C21H25Cl2N5O2. The van der Waals surface area contributed by atoms with E-state index < -0.39 is 6.04 Å². The number of carbonyl (C=O) groups excluding carboxylic acids is 1. The molecule has 3 aliphatic heterocycles. The molecule has 4 rings (SSSR count). The van der Waals surface area contributed by atoms with Gasteiger partial charge in [0.1, 0.15) is 0 Å². The van der Waals surface area contributed by atoms with Gasteiger partial charge < -0.3 is 20.3 Å². The van der Waals surface area contributed by atoms with Gasteiger partial charge in [0.2, 0.25) is 11.9 Å². The quantitative estimate of drug-likeness (QED) is 0.748. The molecule has 7 nitrogen and oxygen atoms in total. The molecule has 9 heteroatoms. The van der Waals surface area contributed by atoms with Crippen molar-refractivity contribution < 1.29 is 9.53 Å². The first-order valence-electron chi connectivity index (χ1n) is 10.0. The smallest absolute Gasteiger partial charge is 0.249 e. The number of nitrogens with two attached hydrogens (primary N) is 1. The summed E-state index contributed by atoms with van der Waals surface area (Å²) >= 11 is 12.6. The Morgan fingerprint density at radius 2 is 2.17 bits per heavy atom. The van der Waals surface area contributed by atoms with Gasteiger partial charge >= 0.3 is 0 Å². The molecule has 0 aromatic heterocycles. The molecule has 1 fully saturated rings. The van der Waals surface area contributed by atoms with Gasteiger partial charge in [-0.2, -0.15) is 0 Å². The lowest BCUT2D eigenvalue weighted by Crippen LogP contribution is -2.45. The van der Waals surface area contributed by atoms with Crippen molar-refractivity contribution in [2.45, 2.75) is 31.8 Å². The van der Waals surface area contributed by atoms with Gasteiger partial charge in [0.15, 0.2) is 6.04 Å². The molecule has 3 heterocycles. The molecule has 0 bridgehead atoms. The summed E-state index contributed by atoms with van der Waals surface area (Å²) < 4.78 is 5.30. The molecule has 2 N–H and O–H groups in total. The number of benzene rings is 1. The molecule has 3 aliphatic rings. The molecule has 1 saturated heterocycles. The first-order valence-corrected chi connectivity index (χ1v) is 10.8. The minimum absolute atomic E-state index is 0.0140. The number of guanidine groups is 1. The lowest BCUT2D eigenvalue weighted by atomic mass is 10.00. The van der Waals surface area contributed by atoms with Gasteiger partial charge in [0.25, 0.3) is 0 Å². The summed E-state index contributed by atoms with van der Waals surface area (Å²) in [4.78, 5) is 26.4. The highest BCUT2D eigenvalue weighted by Crippen LogP contribution is 2.36. The largest absolute Gasteiger partial charge is 0.383 e. The number of methoxy groups -OCH3 is 1. The number of amides is 1. The minimum Gasteiger partial charge on any atom is -0.383 e. The van der Waals surface area contributed by atoms with Crippen LogP contribution in [0.2, 0.25) is 10.0 Å². The number of rotatable bonds is 5. The fraction of sp³-hybridized carbons (Fsp3) is 0.476. The Labute approximate surface area is 186 Å². The summed E-state index contributed by atoms with van der Waals surface area (Å²) in [5, 5.41) is 1.08. The number of fused-ring (bicyclic) bond motifs is 1. The van der Waals surface area contributed by atoms with E-state index in [0.717, 1.165) is 41.9 Å². The van der Waals surface area contributed by atoms with Crippen LogP contribution in [0.5, 0.6) is 0 Å². The highest BCUT2D eigenvalue weighted by molar-refractivity contribution is 6.36. The van der Waals surface area contributed by atoms with Crippen LogP contribution in [0.1, 0.15) is 25.3 Å². The van der Waals surface area contributed by atoms with Crippen molar-refractivity contribution in [3.8, 4) is 0 Å². The third-order valence-corrected chi connectivity index (χ3v) is 6.37. The monoisotopic (exact) mass is 449 g/mol. The van der Waals surface area contributed by atoms with E-state index in [1.165, 1.54) is 0 Å². The number of hydrogen-bond donors (Lipinski definition) is 1. The van der Waals surface area contributed by atoms with Crippen molar-refractivity contribution in [3.05, 3.63) is 39.4 Å². The average Bonchev–Trinajstić information content (AvgIpc) is 3.34. The predicted molar refractivity (Wildman–Crippen MR) is 120 cm³/mol. The first kappa shape index (κ1) is 21.3. The Balaban J connectivity index is 1.67. The van der Waals surface area contributed by atoms with Crippen molar-refractivity contribution in [2.24, 2.45) is 15.7 Å². The van der Waals surface area contributed by atoms with Crippen molar-refractivity contribution in [1.82, 2.24) is 9.80 Å². The summed E-state index contributed by atoms with van der Waals surface area (Å²) in [6.07, 6.45) is 1.93. The van der Waals surface area contributed by atoms with E-state index in [4.69, 9.17) is 33.7 Å². The number of likely N-dealkylation sites (tertiary alicyclic amines) is 1. The first-order chi connectivity index (χ1) is 14.4. The highest BCUT2D eigenvalue weighted by atomic mass is 35.5. The van der Waals surface area contributed by atoms with Gasteiger partial charge in [0, 0.05) is 42.1 Å². The summed E-state index contributed by atoms with van der Waals surface area (Å²) in [6.45, 7) is 3.87. The van der Waals surface area contributed by atoms with Crippen LogP contribution >= 0.6 is 23.2 Å². The molecule has 1 amide bonds. The Kier molecular flexibility index (Phi) is 6.16. The number of nitrogens with zero attached hydrogens (tertiary/aromatic N) is 4. The van der Waals surface area contributed by atoms with Crippen LogP contribution in [0.25, 0.3) is 5.70 Å². The minimum atomic E-state index is -0.521. The molecule has 1 aromatic carbocycles. The van der Waals surface area contributed by atoms with Crippen LogP contribution in [-0.2, 0) is 9.53 Å². The van der Waals surface area contributed by atoms with Crippen LogP contribution in [0.15, 0.2) is 33.8 Å². The van der Waals surface area contributed by atoms with Crippen molar-refractivity contribution >= 4 is 46.5 Å². The maximum Gasteiger partial charge on any atom is 0.249 e. The zero-order valence-corrected chi connectivity index (χ0v) is 18.6. The molecular weight excluding hydrogens is 425 g/mol. The van der Waals surface area contributed by atoms with Crippen LogP contribution < -0.4 is 5.73 Å². The Morgan fingerprint density at radius 1 is 1.37 bits per heavy atom. The van der Waals surface area contributed by atoms with Gasteiger partial charge in [-0.3, -0.25) is 4.79 Å². The Morgan fingerprint density at radius 3 is 2.87 bits per heavy atom. The normalized spacial score (nSPS) is 23.6. The molecule has 30 heavy (non-hydrogen) atoms. The van der Waals surface area contributed by atoms with Gasteiger partial charge in [-0.05, 0) is 38.0 Å². The fourth-order valence-corrected chi connectivity index (χ4v) is 4.88. The number of ether oxygens (including phenoxy) is 1. The maximum atomic E-state index is 13.3. The molecule has 160 valence electrons. The molecule has 0 spiro atoms. The van der Waals surface area contributed by atoms with Crippen molar-refractivity contribution in [1.29, 1.82) is 0 Å². The van der Waals surface area contributed by atoms with Crippen LogP contribution in [0.4, 0.5) is 0 Å². The zero-order valence-electron chi connectivity index (χ0n) is 17.1. The van der Waals surface area contributed by atoms with Crippen molar-refractivity contribution in [2.75, 3.05) is 33.4 Å². The average molecular weight is 450 g/mol. The number of halogens is 2. The Bertz CT molecular complexity index is 959. The van der Waals surface area contributed by atoms with Gasteiger partial charge in [-0.1, -0.05) is 23.2 Å². The van der Waals surface area contributed by atoms with E-state index >= 15 is 0 Å². The van der Waals surface area contributed by atoms with Gasteiger partial charge in [-0.25, -0.2) is 9.98 Å². The lowest BCUT2D eigenvalue weighted by Gasteiger charge is -2.30. The van der Waals surface area contributed by atoms with E-state index in [0.29, 0.717) is 35.7 Å². The lowest BCUT2D eigenvalue weighted by molar-refractivity contribution is -0.134. The predicted octanol–water partition coefficient (Wildman–Crippen LogP) is 2.82. The summed E-state index contributed by atoms with van der Waals surface area (Å²) in [6, 6.07) is 4.95. The third-order valence-electron chi connectivity index (χ3n) is 5.82. The van der Waals surface area contributed by atoms with Crippen LogP contribution in [0.3, 0.4) is 0 Å². The highest BCUT2D eigenvalue weighted by Gasteiger charge is 2.40. The zero-order chi connectivity index (χ0) is 21.4. The molecule has 0 saturated carbocycles. The second-order valence-corrected chi connectivity index (χ2v) is 8.53. The van der Waals surface area contributed by atoms with Crippen LogP contribution in [0, 0.1) is 0 Å². The topological polar surface area (TPSA) is 83.5 Å². The van der Waals surface area contributed by atoms with E-state index in [-0.39, 0.29) is 11.9 Å². The summed E-state index contributed by atoms with van der Waals surface area (Å²) in [7, 11) is 1.66. The molecule has 2 atom stereocenters. The fourth-order valence-electron chi connectivity index (χ4n) is 4.39. The van der Waals surface area contributed by atoms with Crippen LogP contribution in [-0.4, -0.2) is 72.8 Å². The summed E-state index contributed by atoms with van der Waals surface area (Å²) in [5.41, 5.74) is 9.37.